The lowest BCUT2D eigenvalue weighted by molar-refractivity contribution is -0.178. The maximum absolute atomic E-state index is 11.6. The Hall–Kier alpha value is -1.32. The molecule has 92 valence electrons. The van der Waals surface area contributed by atoms with E-state index in [-0.39, 0.29) is 6.42 Å². The Bertz CT molecular complexity index is 256. The molecule has 0 aliphatic carbocycles. The molecule has 0 radical (unpaired) electrons. The molecule has 0 rings (SSSR count). The van der Waals surface area contributed by atoms with Gasteiger partial charge in [0.2, 0.25) is 5.60 Å². The predicted molar refractivity (Wildman–Crippen MR) is 60.9 cm³/mol. The molecule has 0 saturated heterocycles. The van der Waals surface area contributed by atoms with Crippen LogP contribution in [-0.4, -0.2) is 24.1 Å². The highest BCUT2D eigenvalue weighted by Gasteiger charge is 2.33. The van der Waals surface area contributed by atoms with Crippen molar-refractivity contribution in [3.63, 3.8) is 0 Å². The minimum atomic E-state index is -1.23. The Balaban J connectivity index is 4.14. The normalized spacial score (nSPS) is 10.7. The zero-order valence-corrected chi connectivity index (χ0v) is 10.2. The molecule has 4 nitrogen and oxygen atoms in total. The molecule has 0 saturated carbocycles. The number of hydrogen-bond donors (Lipinski definition) is 0. The second-order valence-electron chi connectivity index (χ2n) is 3.97. The Morgan fingerprint density at radius 3 is 2.50 bits per heavy atom. The summed E-state index contributed by atoms with van der Waals surface area (Å²) in [4.78, 5) is 22.7. The maximum atomic E-state index is 11.6. The summed E-state index contributed by atoms with van der Waals surface area (Å²) >= 11 is 0. The minimum Gasteiger partial charge on any atom is -0.463 e. The SMILES string of the molecule is C=CCC(=O)OC(C)(C)C(=O)OCCCC. The Morgan fingerprint density at radius 2 is 2.00 bits per heavy atom. The molecule has 0 spiro atoms. The van der Waals surface area contributed by atoms with E-state index in [0.29, 0.717) is 6.61 Å². The van der Waals surface area contributed by atoms with Crippen molar-refractivity contribution in [3.05, 3.63) is 12.7 Å². The highest BCUT2D eigenvalue weighted by molar-refractivity contribution is 5.82. The van der Waals surface area contributed by atoms with E-state index in [2.05, 4.69) is 6.58 Å². The lowest BCUT2D eigenvalue weighted by atomic mass is 10.1. The third kappa shape index (κ3) is 5.53. The number of ether oxygens (including phenoxy) is 2. The third-order valence-electron chi connectivity index (χ3n) is 1.90. The first kappa shape index (κ1) is 14.7. The van der Waals surface area contributed by atoms with Crippen LogP contribution < -0.4 is 0 Å². The number of carbonyl (C=O) groups is 2. The molecule has 0 aliphatic heterocycles. The first-order chi connectivity index (χ1) is 7.44. The second-order valence-corrected chi connectivity index (χ2v) is 3.97. The zero-order valence-electron chi connectivity index (χ0n) is 10.2. The highest BCUT2D eigenvalue weighted by Crippen LogP contribution is 2.13. The molecule has 16 heavy (non-hydrogen) atoms. The van der Waals surface area contributed by atoms with E-state index >= 15 is 0 Å². The molecule has 0 heterocycles. The van der Waals surface area contributed by atoms with Crippen molar-refractivity contribution in [2.24, 2.45) is 0 Å². The molecule has 0 amide bonds. The summed E-state index contributed by atoms with van der Waals surface area (Å²) in [6.45, 7) is 8.81. The van der Waals surface area contributed by atoms with Crippen LogP contribution in [0.3, 0.4) is 0 Å². The number of esters is 2. The van der Waals surface area contributed by atoms with Gasteiger partial charge in [-0.3, -0.25) is 4.79 Å². The molecule has 0 N–H and O–H groups in total. The van der Waals surface area contributed by atoms with Crippen LogP contribution >= 0.6 is 0 Å². The second kappa shape index (κ2) is 7.04. The van der Waals surface area contributed by atoms with Gasteiger partial charge >= 0.3 is 11.9 Å². The van der Waals surface area contributed by atoms with Crippen LogP contribution in [0.1, 0.15) is 40.0 Å². The summed E-state index contributed by atoms with van der Waals surface area (Å²) in [5, 5.41) is 0. The molecular formula is C12H20O4. The van der Waals surface area contributed by atoms with Gasteiger partial charge < -0.3 is 9.47 Å². The van der Waals surface area contributed by atoms with Crippen molar-refractivity contribution in [3.8, 4) is 0 Å². The highest BCUT2D eigenvalue weighted by atomic mass is 16.6. The fourth-order valence-electron chi connectivity index (χ4n) is 0.969. The topological polar surface area (TPSA) is 52.6 Å². The summed E-state index contributed by atoms with van der Waals surface area (Å²) in [5.74, 6) is -0.995. The van der Waals surface area contributed by atoms with Crippen LogP contribution in [0.4, 0.5) is 0 Å². The molecule has 0 aromatic carbocycles. The fourth-order valence-corrected chi connectivity index (χ4v) is 0.969. The van der Waals surface area contributed by atoms with E-state index < -0.39 is 17.5 Å². The van der Waals surface area contributed by atoms with Gasteiger partial charge in [0.05, 0.1) is 13.0 Å². The molecule has 0 fully saturated rings. The summed E-state index contributed by atoms with van der Waals surface area (Å²) < 4.78 is 9.97. The number of carbonyl (C=O) groups excluding carboxylic acids is 2. The maximum Gasteiger partial charge on any atom is 0.350 e. The van der Waals surface area contributed by atoms with E-state index in [1.807, 2.05) is 6.92 Å². The fraction of sp³-hybridized carbons (Fsp3) is 0.667. The number of rotatable bonds is 7. The van der Waals surface area contributed by atoms with Crippen molar-refractivity contribution in [1.82, 2.24) is 0 Å². The smallest absolute Gasteiger partial charge is 0.350 e. The van der Waals surface area contributed by atoms with Crippen molar-refractivity contribution >= 4 is 11.9 Å². The Morgan fingerprint density at radius 1 is 1.38 bits per heavy atom. The average Bonchev–Trinajstić information content (AvgIpc) is 2.17. The van der Waals surface area contributed by atoms with E-state index in [1.165, 1.54) is 19.9 Å². The Labute approximate surface area is 96.6 Å². The van der Waals surface area contributed by atoms with Crippen LogP contribution in [0.25, 0.3) is 0 Å². The van der Waals surface area contributed by atoms with Gasteiger partial charge in [-0.1, -0.05) is 19.4 Å². The van der Waals surface area contributed by atoms with Gasteiger partial charge in [-0.15, -0.1) is 6.58 Å². The lowest BCUT2D eigenvalue weighted by Gasteiger charge is -2.22. The average molecular weight is 228 g/mol. The summed E-state index contributed by atoms with van der Waals surface area (Å²) in [6.07, 6.45) is 3.28. The van der Waals surface area contributed by atoms with Crippen molar-refractivity contribution in [1.29, 1.82) is 0 Å². The van der Waals surface area contributed by atoms with Crippen LogP contribution in [0.15, 0.2) is 12.7 Å². The number of hydrogen-bond acceptors (Lipinski definition) is 4. The molecule has 0 bridgehead atoms. The quantitative estimate of drug-likeness (QED) is 0.381. The third-order valence-corrected chi connectivity index (χ3v) is 1.90. The van der Waals surface area contributed by atoms with Crippen LogP contribution in [-0.2, 0) is 19.1 Å². The largest absolute Gasteiger partial charge is 0.463 e. The Kier molecular flexibility index (Phi) is 6.46. The van der Waals surface area contributed by atoms with Gasteiger partial charge in [0.15, 0.2) is 0 Å². The van der Waals surface area contributed by atoms with Gasteiger partial charge in [0.1, 0.15) is 0 Å². The van der Waals surface area contributed by atoms with Gasteiger partial charge in [-0.2, -0.15) is 0 Å². The van der Waals surface area contributed by atoms with Crippen LogP contribution in [0, 0.1) is 0 Å². The van der Waals surface area contributed by atoms with E-state index in [1.54, 1.807) is 0 Å². The standard InChI is InChI=1S/C12H20O4/c1-5-7-9-15-11(14)12(3,4)16-10(13)8-6-2/h6H,2,5,7-9H2,1,3-4H3. The van der Waals surface area contributed by atoms with Gasteiger partial charge in [-0.25, -0.2) is 4.79 Å². The summed E-state index contributed by atoms with van der Waals surface area (Å²) in [7, 11) is 0. The minimum absolute atomic E-state index is 0.0890. The lowest BCUT2D eigenvalue weighted by Crippen LogP contribution is -2.38. The van der Waals surface area contributed by atoms with E-state index in [0.717, 1.165) is 12.8 Å². The number of unbranched alkanes of at least 4 members (excludes halogenated alkanes) is 1. The van der Waals surface area contributed by atoms with E-state index in [4.69, 9.17) is 9.47 Å². The molecule has 4 heteroatoms. The van der Waals surface area contributed by atoms with Crippen molar-refractivity contribution < 1.29 is 19.1 Å². The molecule has 0 aromatic heterocycles. The van der Waals surface area contributed by atoms with Crippen molar-refractivity contribution in [2.45, 2.75) is 45.6 Å². The van der Waals surface area contributed by atoms with E-state index in [9.17, 15) is 9.59 Å². The summed E-state index contributed by atoms with van der Waals surface area (Å²) in [5.41, 5.74) is -1.23. The molecule has 0 aliphatic rings. The molecule has 0 atom stereocenters. The van der Waals surface area contributed by atoms with Gasteiger partial charge in [0.25, 0.3) is 0 Å². The zero-order chi connectivity index (χ0) is 12.6. The van der Waals surface area contributed by atoms with Crippen LogP contribution in [0.2, 0.25) is 0 Å². The molecule has 0 aromatic rings. The molecule has 0 unspecified atom stereocenters. The first-order valence-corrected chi connectivity index (χ1v) is 5.44. The van der Waals surface area contributed by atoms with Gasteiger partial charge in [0, 0.05) is 0 Å². The first-order valence-electron chi connectivity index (χ1n) is 5.44. The van der Waals surface area contributed by atoms with Crippen LogP contribution in [0.5, 0.6) is 0 Å². The van der Waals surface area contributed by atoms with Crippen molar-refractivity contribution in [2.75, 3.05) is 6.61 Å². The monoisotopic (exact) mass is 228 g/mol. The van der Waals surface area contributed by atoms with Gasteiger partial charge in [-0.05, 0) is 20.3 Å². The predicted octanol–water partition coefficient (Wildman–Crippen LogP) is 2.23. The molecular weight excluding hydrogens is 208 g/mol. The summed E-state index contributed by atoms with van der Waals surface area (Å²) in [6, 6.07) is 0.